The van der Waals surface area contributed by atoms with Gasteiger partial charge in [0.05, 0.1) is 36.9 Å². The van der Waals surface area contributed by atoms with Crippen molar-refractivity contribution < 1.29 is 18.3 Å². The van der Waals surface area contributed by atoms with E-state index in [1.165, 1.54) is 51.8 Å². The molecule has 1 N–H and O–H groups in total. The standard InChI is InChI=1S/C31H26N6O6S3/c38-36(39)24-11-12-26(30(19-24)46(42,43)35-16-14-23(15-17-35)22-6-2-1-3-7-22)34-32-20-21-10-13-29(27(18-21)37(40)41)45-31-33-25-8-4-5-9-28(25)44-31/h1-13,18-20,23,34H,14-17H2/b32-20+. The summed E-state index contributed by atoms with van der Waals surface area (Å²) < 4.78 is 30.5. The Morgan fingerprint density at radius 2 is 1.67 bits per heavy atom. The van der Waals surface area contributed by atoms with Crippen LogP contribution in [0.25, 0.3) is 10.2 Å². The van der Waals surface area contributed by atoms with Crippen LogP contribution >= 0.6 is 23.1 Å². The molecule has 1 aliphatic rings. The molecule has 0 aliphatic carbocycles. The van der Waals surface area contributed by atoms with E-state index in [-0.39, 0.29) is 41.0 Å². The summed E-state index contributed by atoms with van der Waals surface area (Å²) in [7, 11) is -4.12. The second-order valence-electron chi connectivity index (χ2n) is 10.4. The first-order valence-corrected chi connectivity index (χ1v) is 17.2. The average molecular weight is 675 g/mol. The highest BCUT2D eigenvalue weighted by atomic mass is 32.2. The molecule has 46 heavy (non-hydrogen) atoms. The number of para-hydroxylation sites is 1. The van der Waals surface area contributed by atoms with Crippen molar-refractivity contribution in [2.24, 2.45) is 5.10 Å². The topological polar surface area (TPSA) is 161 Å². The van der Waals surface area contributed by atoms with Crippen molar-refractivity contribution >= 4 is 66.6 Å². The lowest BCUT2D eigenvalue weighted by Crippen LogP contribution is -2.38. The normalized spacial score (nSPS) is 14.5. The van der Waals surface area contributed by atoms with Crippen molar-refractivity contribution in [3.05, 3.63) is 122 Å². The van der Waals surface area contributed by atoms with Crippen molar-refractivity contribution in [3.8, 4) is 0 Å². The van der Waals surface area contributed by atoms with Gasteiger partial charge in [-0.2, -0.15) is 9.41 Å². The highest BCUT2D eigenvalue weighted by Crippen LogP contribution is 2.39. The Morgan fingerprint density at radius 3 is 2.39 bits per heavy atom. The van der Waals surface area contributed by atoms with Gasteiger partial charge in [0.25, 0.3) is 11.4 Å². The molecule has 1 fully saturated rings. The van der Waals surface area contributed by atoms with E-state index in [1.807, 2.05) is 54.6 Å². The van der Waals surface area contributed by atoms with E-state index in [1.54, 1.807) is 12.1 Å². The summed E-state index contributed by atoms with van der Waals surface area (Å²) in [6, 6.07) is 25.6. The molecule has 234 valence electrons. The summed E-state index contributed by atoms with van der Waals surface area (Å²) in [5, 5.41) is 27.6. The Morgan fingerprint density at radius 1 is 0.935 bits per heavy atom. The van der Waals surface area contributed by atoms with Gasteiger partial charge in [0.2, 0.25) is 10.0 Å². The zero-order valence-electron chi connectivity index (χ0n) is 24.1. The fourth-order valence-corrected chi connectivity index (χ4v) is 8.97. The van der Waals surface area contributed by atoms with Gasteiger partial charge in [-0.15, -0.1) is 11.3 Å². The lowest BCUT2D eigenvalue weighted by molar-refractivity contribution is -0.387. The minimum atomic E-state index is -4.12. The van der Waals surface area contributed by atoms with Crippen LogP contribution in [-0.4, -0.2) is 46.9 Å². The molecule has 12 nitrogen and oxygen atoms in total. The largest absolute Gasteiger partial charge is 0.283 e. The summed E-state index contributed by atoms with van der Waals surface area (Å²) in [4.78, 5) is 27.0. The molecule has 6 rings (SSSR count). The molecule has 0 atom stereocenters. The highest BCUT2D eigenvalue weighted by Gasteiger charge is 2.33. The van der Waals surface area contributed by atoms with Gasteiger partial charge in [-0.1, -0.05) is 60.3 Å². The van der Waals surface area contributed by atoms with Crippen molar-refractivity contribution in [2.45, 2.75) is 32.9 Å². The monoisotopic (exact) mass is 674 g/mol. The molecule has 0 bridgehead atoms. The fourth-order valence-electron chi connectivity index (χ4n) is 5.23. The molecule has 4 aromatic carbocycles. The highest BCUT2D eigenvalue weighted by molar-refractivity contribution is 8.01. The van der Waals surface area contributed by atoms with Crippen LogP contribution in [0.5, 0.6) is 0 Å². The van der Waals surface area contributed by atoms with Crippen molar-refractivity contribution in [3.63, 3.8) is 0 Å². The zero-order chi connectivity index (χ0) is 32.3. The molecule has 0 spiro atoms. The van der Waals surface area contributed by atoms with Crippen LogP contribution in [0, 0.1) is 20.2 Å². The van der Waals surface area contributed by atoms with Crippen LogP contribution in [0.4, 0.5) is 17.1 Å². The number of anilines is 1. The molecule has 0 radical (unpaired) electrons. The number of thiazole rings is 1. The molecule has 5 aromatic rings. The maximum absolute atomic E-state index is 13.8. The molecule has 15 heteroatoms. The lowest BCUT2D eigenvalue weighted by atomic mass is 9.90. The number of hydrazone groups is 1. The number of nitro benzene ring substituents is 2. The first kappa shape index (κ1) is 31.3. The molecule has 0 unspecified atom stereocenters. The molecule has 1 saturated heterocycles. The maximum atomic E-state index is 13.8. The first-order chi connectivity index (χ1) is 22.2. The van der Waals surface area contributed by atoms with Crippen molar-refractivity contribution in [1.29, 1.82) is 0 Å². The lowest BCUT2D eigenvalue weighted by Gasteiger charge is -2.31. The summed E-state index contributed by atoms with van der Waals surface area (Å²) in [6.45, 7) is 0.524. The SMILES string of the molecule is O=[N+]([O-])c1ccc(N/N=C/c2ccc(Sc3nc4ccccc4s3)c([N+](=O)[O-])c2)c(S(=O)(=O)N2CCC(c3ccccc3)CC2)c1. The second kappa shape index (κ2) is 13.3. The van der Waals surface area contributed by atoms with E-state index >= 15 is 0 Å². The van der Waals surface area contributed by atoms with E-state index < -0.39 is 19.9 Å². The number of rotatable bonds is 10. The summed E-state index contributed by atoms with van der Waals surface area (Å²) in [5.41, 5.74) is 4.58. The average Bonchev–Trinajstić information content (AvgIpc) is 3.48. The number of nitrogens with zero attached hydrogens (tertiary/aromatic N) is 5. The zero-order valence-corrected chi connectivity index (χ0v) is 26.5. The number of aromatic nitrogens is 1. The number of nitro groups is 2. The summed E-state index contributed by atoms with van der Waals surface area (Å²) >= 11 is 2.64. The van der Waals surface area contributed by atoms with Crippen molar-refractivity contribution in [1.82, 2.24) is 9.29 Å². The molecule has 0 saturated carbocycles. The Labute approximate surface area is 272 Å². The van der Waals surface area contributed by atoms with E-state index in [0.29, 0.717) is 27.6 Å². The third kappa shape index (κ3) is 6.77. The maximum Gasteiger partial charge on any atom is 0.283 e. The number of non-ortho nitro benzene ring substituents is 1. The third-order valence-corrected chi connectivity index (χ3v) is 11.7. The third-order valence-electron chi connectivity index (χ3n) is 7.57. The van der Waals surface area contributed by atoms with Gasteiger partial charge in [0.1, 0.15) is 4.90 Å². The quantitative estimate of drug-likeness (QED) is 0.0912. The van der Waals surface area contributed by atoms with Gasteiger partial charge in [-0.05, 0) is 48.6 Å². The fraction of sp³-hybridized carbons (Fsp3) is 0.161. The van der Waals surface area contributed by atoms with Gasteiger partial charge in [0.15, 0.2) is 4.34 Å². The van der Waals surface area contributed by atoms with Gasteiger partial charge < -0.3 is 0 Å². The smallest absolute Gasteiger partial charge is 0.277 e. The Bertz CT molecular complexity index is 2030. The molecular weight excluding hydrogens is 649 g/mol. The minimum absolute atomic E-state index is 0.0459. The number of piperidine rings is 1. The Hall–Kier alpha value is -4.70. The van der Waals surface area contributed by atoms with Gasteiger partial charge in [0, 0.05) is 36.9 Å². The van der Waals surface area contributed by atoms with E-state index in [2.05, 4.69) is 15.5 Å². The molecule has 1 aromatic heterocycles. The van der Waals surface area contributed by atoms with Crippen molar-refractivity contribution in [2.75, 3.05) is 18.5 Å². The predicted octanol–water partition coefficient (Wildman–Crippen LogP) is 7.28. The number of hydrogen-bond acceptors (Lipinski definition) is 11. The van der Waals surface area contributed by atoms with Crippen LogP contribution in [0.3, 0.4) is 0 Å². The number of nitrogens with one attached hydrogen (secondary N) is 1. The van der Waals surface area contributed by atoms with Crippen LogP contribution in [0.15, 0.2) is 110 Å². The first-order valence-electron chi connectivity index (χ1n) is 14.1. The predicted molar refractivity (Wildman–Crippen MR) is 178 cm³/mol. The Kier molecular flexibility index (Phi) is 9.08. The number of fused-ring (bicyclic) bond motifs is 1. The molecular formula is C31H26N6O6S3. The van der Waals surface area contributed by atoms with E-state index in [0.717, 1.165) is 21.8 Å². The van der Waals surface area contributed by atoms with Crippen LogP contribution in [0.1, 0.15) is 29.9 Å². The molecule has 0 amide bonds. The van der Waals surface area contributed by atoms with Crippen LogP contribution in [-0.2, 0) is 10.0 Å². The second-order valence-corrected chi connectivity index (χ2v) is 14.7. The summed E-state index contributed by atoms with van der Waals surface area (Å²) in [5.74, 6) is 0.218. The molecule has 1 aliphatic heterocycles. The Balaban J connectivity index is 1.21. The van der Waals surface area contributed by atoms with Gasteiger partial charge in [-0.3, -0.25) is 25.7 Å². The van der Waals surface area contributed by atoms with E-state index in [4.69, 9.17) is 0 Å². The number of sulfonamides is 1. The van der Waals surface area contributed by atoms with Crippen LogP contribution in [0.2, 0.25) is 0 Å². The van der Waals surface area contributed by atoms with Crippen LogP contribution < -0.4 is 5.43 Å². The number of benzene rings is 4. The van der Waals surface area contributed by atoms with Gasteiger partial charge in [-0.25, -0.2) is 13.4 Å². The molecule has 2 heterocycles. The summed E-state index contributed by atoms with van der Waals surface area (Å²) in [6.07, 6.45) is 2.55. The van der Waals surface area contributed by atoms with E-state index in [9.17, 15) is 28.6 Å². The minimum Gasteiger partial charge on any atom is -0.277 e. The van der Waals surface area contributed by atoms with Gasteiger partial charge >= 0.3 is 0 Å². The number of hydrogen-bond donors (Lipinski definition) is 1.